The monoisotopic (exact) mass is 587 g/mol. The Morgan fingerprint density at radius 2 is 1.71 bits per heavy atom. The van der Waals surface area contributed by atoms with Crippen LogP contribution in [0.4, 0.5) is 4.39 Å². The van der Waals surface area contributed by atoms with Crippen LogP contribution in [0.5, 0.6) is 5.75 Å². The van der Waals surface area contributed by atoms with Gasteiger partial charge in [-0.15, -0.1) is 0 Å². The van der Waals surface area contributed by atoms with Crippen LogP contribution >= 0.6 is 0 Å². The molecule has 0 saturated heterocycles. The van der Waals surface area contributed by atoms with Gasteiger partial charge in [0, 0.05) is 43.7 Å². The summed E-state index contributed by atoms with van der Waals surface area (Å²) in [5.41, 5.74) is 6.32. The van der Waals surface area contributed by atoms with Gasteiger partial charge < -0.3 is 14.3 Å². The Morgan fingerprint density at radius 1 is 0.976 bits per heavy atom. The van der Waals surface area contributed by atoms with Gasteiger partial charge in [0.2, 0.25) is 0 Å². The highest BCUT2D eigenvalue weighted by Gasteiger charge is 2.49. The maximum Gasteiger partial charge on any atom is 0.419 e. The lowest BCUT2D eigenvalue weighted by Gasteiger charge is -2.27. The van der Waals surface area contributed by atoms with E-state index in [0.717, 1.165) is 0 Å². The van der Waals surface area contributed by atoms with Crippen molar-refractivity contribution in [3.8, 4) is 16.9 Å². The molecule has 1 atom stereocenters. The Bertz CT molecular complexity index is 2070. The second-order valence-electron chi connectivity index (χ2n) is 9.60. The molecule has 6 rings (SSSR count). The Balaban J connectivity index is 1.38. The number of likely N-dealkylation sites (N-methyl/N-ethyl adjacent to an activating group) is 1. The van der Waals surface area contributed by atoms with Crippen LogP contribution in [-0.2, 0) is 27.5 Å². The molecule has 212 valence electrons. The number of aryl methyl sites for hydroxylation is 1. The van der Waals surface area contributed by atoms with Crippen molar-refractivity contribution < 1.29 is 26.2 Å². The lowest BCUT2D eigenvalue weighted by Crippen LogP contribution is -2.41. The Kier molecular flexibility index (Phi) is 6.19. The topological polar surface area (TPSA) is 150 Å². The first kappa shape index (κ1) is 26.9. The summed E-state index contributed by atoms with van der Waals surface area (Å²) in [4.78, 5) is 35.0. The predicted molar refractivity (Wildman–Crippen MR) is 151 cm³/mol. The molecule has 1 aliphatic heterocycles. The first-order valence-electron chi connectivity index (χ1n) is 12.5. The highest BCUT2D eigenvalue weighted by Crippen LogP contribution is 2.41. The zero-order valence-electron chi connectivity index (χ0n) is 22.2. The summed E-state index contributed by atoms with van der Waals surface area (Å²) in [7, 11) is -1.34. The summed E-state index contributed by atoms with van der Waals surface area (Å²) in [5, 5.41) is 0. The van der Waals surface area contributed by atoms with E-state index in [2.05, 4.69) is 9.98 Å². The number of fused-ring (bicyclic) bond motifs is 1. The van der Waals surface area contributed by atoms with E-state index in [9.17, 15) is 22.4 Å². The number of aliphatic imine (C=N–C) groups is 1. The van der Waals surface area contributed by atoms with E-state index in [1.165, 1.54) is 90.4 Å². The quantitative estimate of drug-likeness (QED) is 0.298. The minimum absolute atomic E-state index is 0.0434. The van der Waals surface area contributed by atoms with E-state index in [1.54, 1.807) is 18.3 Å². The first-order valence-corrected chi connectivity index (χ1v) is 13.9. The van der Waals surface area contributed by atoms with Crippen LogP contribution in [-0.4, -0.2) is 41.8 Å². The molecule has 11 nitrogen and oxygen atoms in total. The van der Waals surface area contributed by atoms with Crippen LogP contribution < -0.4 is 15.7 Å². The van der Waals surface area contributed by atoms with Gasteiger partial charge in [-0.2, -0.15) is 8.42 Å². The summed E-state index contributed by atoms with van der Waals surface area (Å²) >= 11 is 0. The van der Waals surface area contributed by atoms with E-state index in [-0.39, 0.29) is 27.8 Å². The van der Waals surface area contributed by atoms with Crippen molar-refractivity contribution in [2.75, 3.05) is 7.05 Å². The molecule has 2 N–H and O–H groups in total. The van der Waals surface area contributed by atoms with E-state index >= 15 is 0 Å². The molecule has 0 aliphatic carbocycles. The number of pyridine rings is 1. The number of amides is 1. The number of oxazole rings is 1. The Labute approximate surface area is 238 Å². The standard InChI is InChI=1S/C29H22FN5O6S/c1-34-24-12-10-21(15-25(24)40-28(34)37)42(38,39)41-20-8-5-18(6-9-20)29(26(36)35(2)27(31)33-29)19-7-11-23(30)22(14-19)17-4-3-13-32-16-17/h3-16H,1-2H3,(H2,31,33). The number of carbonyl (C=O) groups excluding carboxylic acids is 1. The van der Waals surface area contributed by atoms with Crippen LogP contribution in [0, 0.1) is 5.82 Å². The number of nitrogens with zero attached hydrogens (tertiary/aromatic N) is 4. The highest BCUT2D eigenvalue weighted by molar-refractivity contribution is 7.87. The Hall–Kier alpha value is -5.30. The molecule has 0 saturated carbocycles. The molecule has 3 aromatic carbocycles. The second-order valence-corrected chi connectivity index (χ2v) is 11.1. The maximum absolute atomic E-state index is 14.9. The first-order chi connectivity index (χ1) is 20.0. The summed E-state index contributed by atoms with van der Waals surface area (Å²) in [6.07, 6.45) is 3.07. The number of hydrogen-bond acceptors (Lipinski definition) is 9. The molecule has 3 heterocycles. The molecule has 0 radical (unpaired) electrons. The zero-order valence-corrected chi connectivity index (χ0v) is 23.0. The van der Waals surface area contributed by atoms with Gasteiger partial charge in [-0.05, 0) is 53.6 Å². The Morgan fingerprint density at radius 3 is 2.38 bits per heavy atom. The number of hydrogen-bond donors (Lipinski definition) is 1. The van der Waals surface area contributed by atoms with E-state index in [1.807, 2.05) is 0 Å². The average Bonchev–Trinajstić information content (AvgIpc) is 3.40. The summed E-state index contributed by atoms with van der Waals surface area (Å²) in [5.74, 6) is -1.72. The summed E-state index contributed by atoms with van der Waals surface area (Å²) < 4.78 is 52.6. The molecule has 13 heteroatoms. The fourth-order valence-electron chi connectivity index (χ4n) is 4.87. The van der Waals surface area contributed by atoms with Gasteiger partial charge in [0.05, 0.1) is 5.52 Å². The summed E-state index contributed by atoms with van der Waals surface area (Å²) in [6.45, 7) is 0. The summed E-state index contributed by atoms with van der Waals surface area (Å²) in [6, 6.07) is 17.3. The smallest absolute Gasteiger partial charge is 0.408 e. The van der Waals surface area contributed by atoms with Crippen molar-refractivity contribution in [3.63, 3.8) is 0 Å². The van der Waals surface area contributed by atoms with Crippen LogP contribution in [0.25, 0.3) is 22.2 Å². The molecular formula is C29H22FN5O6S. The fourth-order valence-corrected chi connectivity index (χ4v) is 5.82. The van der Waals surface area contributed by atoms with Crippen molar-refractivity contribution in [3.05, 3.63) is 113 Å². The number of rotatable bonds is 6. The van der Waals surface area contributed by atoms with Crippen LogP contribution in [0.3, 0.4) is 0 Å². The van der Waals surface area contributed by atoms with Crippen LogP contribution in [0.2, 0.25) is 0 Å². The molecule has 5 aromatic rings. The van der Waals surface area contributed by atoms with Gasteiger partial charge in [-0.1, -0.05) is 24.3 Å². The number of guanidine groups is 1. The van der Waals surface area contributed by atoms with Crippen molar-refractivity contribution in [2.45, 2.75) is 10.4 Å². The van der Waals surface area contributed by atoms with Gasteiger partial charge in [-0.3, -0.25) is 19.2 Å². The molecule has 1 aliphatic rings. The molecule has 42 heavy (non-hydrogen) atoms. The third kappa shape index (κ3) is 4.21. The maximum atomic E-state index is 14.9. The van der Waals surface area contributed by atoms with Crippen molar-refractivity contribution >= 4 is 33.1 Å². The number of nitrogens with two attached hydrogens (primary N) is 1. The molecule has 0 fully saturated rings. The molecule has 1 unspecified atom stereocenters. The largest absolute Gasteiger partial charge is 0.419 e. The molecular weight excluding hydrogens is 565 g/mol. The SMILES string of the molecule is CN1C(=O)C(c2ccc(OS(=O)(=O)c3ccc4c(c3)oc(=O)n4C)cc2)(c2ccc(F)c(-c3cccnc3)c2)N=C1N. The van der Waals surface area contributed by atoms with Gasteiger partial charge in [0.1, 0.15) is 16.5 Å². The number of halogens is 1. The van der Waals surface area contributed by atoms with E-state index in [4.69, 9.17) is 14.3 Å². The fraction of sp³-hybridized carbons (Fsp3) is 0.103. The van der Waals surface area contributed by atoms with Crippen molar-refractivity contribution in [2.24, 2.45) is 17.8 Å². The minimum Gasteiger partial charge on any atom is -0.408 e. The molecule has 2 aromatic heterocycles. The third-order valence-electron chi connectivity index (χ3n) is 7.13. The van der Waals surface area contributed by atoms with Crippen molar-refractivity contribution in [1.29, 1.82) is 0 Å². The predicted octanol–water partition coefficient (Wildman–Crippen LogP) is 3.13. The molecule has 0 bridgehead atoms. The molecule has 1 amide bonds. The normalized spacial score (nSPS) is 17.1. The lowest BCUT2D eigenvalue weighted by atomic mass is 9.81. The molecule has 0 spiro atoms. The lowest BCUT2D eigenvalue weighted by molar-refractivity contribution is -0.129. The van der Waals surface area contributed by atoms with Gasteiger partial charge in [0.25, 0.3) is 5.91 Å². The minimum atomic E-state index is -4.32. The van der Waals surface area contributed by atoms with Gasteiger partial charge >= 0.3 is 15.9 Å². The highest BCUT2D eigenvalue weighted by atomic mass is 32.2. The second kappa shape index (κ2) is 9.66. The number of benzene rings is 3. The van der Waals surface area contributed by atoms with Crippen LogP contribution in [0.15, 0.2) is 104 Å². The number of carbonyl (C=O) groups is 1. The van der Waals surface area contributed by atoms with E-state index in [0.29, 0.717) is 22.2 Å². The number of aromatic nitrogens is 2. The van der Waals surface area contributed by atoms with Gasteiger partial charge in [-0.25, -0.2) is 14.2 Å². The average molecular weight is 588 g/mol. The zero-order chi connectivity index (χ0) is 29.8. The van der Waals surface area contributed by atoms with E-state index < -0.39 is 33.1 Å². The van der Waals surface area contributed by atoms with Crippen molar-refractivity contribution in [1.82, 2.24) is 14.5 Å². The van der Waals surface area contributed by atoms with Crippen LogP contribution in [0.1, 0.15) is 11.1 Å². The van der Waals surface area contributed by atoms with Gasteiger partial charge in [0.15, 0.2) is 17.1 Å². The third-order valence-corrected chi connectivity index (χ3v) is 8.37.